The lowest BCUT2D eigenvalue weighted by atomic mass is 10.1. The molecule has 0 heterocycles. The summed E-state index contributed by atoms with van der Waals surface area (Å²) in [5, 5.41) is 0. The normalized spacial score (nSPS) is 12.7. The van der Waals surface area contributed by atoms with Gasteiger partial charge >= 0.3 is 0 Å². The molecular formula is C19H30Si3. The lowest BCUT2D eigenvalue weighted by molar-refractivity contribution is 1.06. The summed E-state index contributed by atoms with van der Waals surface area (Å²) < 4.78 is 0. The van der Waals surface area contributed by atoms with Crippen molar-refractivity contribution in [3.8, 4) is 0 Å². The van der Waals surface area contributed by atoms with Gasteiger partial charge in [-0.2, -0.15) is 0 Å². The molecule has 2 aromatic rings. The average Bonchev–Trinajstić information content (AvgIpc) is 2.50. The summed E-state index contributed by atoms with van der Waals surface area (Å²) in [6.45, 7) is 6.98. The lowest BCUT2D eigenvalue weighted by Gasteiger charge is -2.18. The minimum atomic E-state index is -0.471. The molecule has 0 spiro atoms. The summed E-state index contributed by atoms with van der Waals surface area (Å²) in [4.78, 5) is 0. The van der Waals surface area contributed by atoms with Crippen LogP contribution in [0.1, 0.15) is 22.3 Å². The Morgan fingerprint density at radius 3 is 1.41 bits per heavy atom. The van der Waals surface area contributed by atoms with Crippen molar-refractivity contribution in [2.24, 2.45) is 0 Å². The first-order chi connectivity index (χ1) is 10.5. The van der Waals surface area contributed by atoms with Crippen molar-refractivity contribution in [1.29, 1.82) is 0 Å². The quantitative estimate of drug-likeness (QED) is 0.678. The molecule has 22 heavy (non-hydrogen) atoms. The van der Waals surface area contributed by atoms with Crippen LogP contribution in [0.25, 0.3) is 0 Å². The molecule has 2 aromatic carbocycles. The van der Waals surface area contributed by atoms with Gasteiger partial charge in [-0.3, -0.25) is 0 Å². The molecule has 0 nitrogen and oxygen atoms in total. The number of rotatable bonds is 7. The summed E-state index contributed by atoms with van der Waals surface area (Å²) in [6, 6.07) is 21.5. The second-order valence-corrected chi connectivity index (χ2v) is 28.5. The summed E-state index contributed by atoms with van der Waals surface area (Å²) in [5.41, 5.74) is 5.86. The molecular weight excluding hydrogens is 312 g/mol. The van der Waals surface area contributed by atoms with Crippen molar-refractivity contribution in [2.75, 3.05) is 0 Å². The van der Waals surface area contributed by atoms with E-state index in [1.807, 2.05) is 0 Å². The van der Waals surface area contributed by atoms with Gasteiger partial charge in [0.05, 0.1) is 0 Å². The Labute approximate surface area is 142 Å². The third-order valence-corrected chi connectivity index (χ3v) is 24.9. The maximum atomic E-state index is 2.63. The smallest absolute Gasteiger partial charge is 0.0249 e. The van der Waals surface area contributed by atoms with E-state index in [4.69, 9.17) is 0 Å². The molecule has 0 N–H and O–H groups in total. The van der Waals surface area contributed by atoms with Gasteiger partial charge in [0.1, 0.15) is 0 Å². The predicted octanol–water partition coefficient (Wildman–Crippen LogP) is 3.11. The van der Waals surface area contributed by atoms with Crippen molar-refractivity contribution in [1.82, 2.24) is 0 Å². The van der Waals surface area contributed by atoms with Crippen LogP contribution in [0.2, 0.25) is 18.6 Å². The molecule has 0 bridgehead atoms. The first-order valence-electron chi connectivity index (χ1n) is 8.65. The van der Waals surface area contributed by atoms with E-state index in [2.05, 4.69) is 68.9 Å². The van der Waals surface area contributed by atoms with Gasteiger partial charge in [0, 0.05) is 16.1 Å². The van der Waals surface area contributed by atoms with Gasteiger partial charge in [0.25, 0.3) is 0 Å². The highest BCUT2D eigenvalue weighted by Crippen LogP contribution is 2.14. The van der Waals surface area contributed by atoms with Crippen molar-refractivity contribution in [3.05, 3.63) is 70.8 Å². The van der Waals surface area contributed by atoms with Crippen LogP contribution in [0.3, 0.4) is 0 Å². The van der Waals surface area contributed by atoms with E-state index in [0.29, 0.717) is 0 Å². The minimum Gasteiger partial charge on any atom is -0.0766 e. The highest BCUT2D eigenvalue weighted by molar-refractivity contribution is 7.40. The van der Waals surface area contributed by atoms with Crippen LogP contribution in [-0.2, 0) is 12.8 Å². The average molecular weight is 343 g/mol. The zero-order valence-electron chi connectivity index (χ0n) is 14.6. The van der Waals surface area contributed by atoms with Crippen LogP contribution < -0.4 is 0 Å². The van der Waals surface area contributed by atoms with Gasteiger partial charge < -0.3 is 0 Å². The maximum Gasteiger partial charge on any atom is 0.0249 e. The molecule has 3 heteroatoms. The molecule has 2 rings (SSSR count). The fourth-order valence-corrected chi connectivity index (χ4v) is 17.1. The van der Waals surface area contributed by atoms with E-state index >= 15 is 0 Å². The van der Waals surface area contributed by atoms with E-state index in [-0.39, 0.29) is 7.83 Å². The van der Waals surface area contributed by atoms with Crippen LogP contribution in [0, 0.1) is 13.8 Å². The van der Waals surface area contributed by atoms with Gasteiger partial charge in [-0.15, -0.1) is 0 Å². The molecule has 0 aliphatic carbocycles. The van der Waals surface area contributed by atoms with Crippen LogP contribution in [0.4, 0.5) is 0 Å². The third kappa shape index (κ3) is 5.71. The summed E-state index contributed by atoms with van der Waals surface area (Å²) >= 11 is 0. The third-order valence-electron chi connectivity index (χ3n) is 4.79. The van der Waals surface area contributed by atoms with Crippen molar-refractivity contribution in [2.45, 2.75) is 45.3 Å². The Morgan fingerprint density at radius 1 is 0.727 bits per heavy atom. The lowest BCUT2D eigenvalue weighted by Crippen LogP contribution is -2.34. The van der Waals surface area contributed by atoms with Crippen LogP contribution in [-0.4, -0.2) is 25.9 Å². The van der Waals surface area contributed by atoms with E-state index in [1.54, 1.807) is 11.1 Å². The molecule has 1 atom stereocenters. The number of hydrogen-bond acceptors (Lipinski definition) is 0. The van der Waals surface area contributed by atoms with E-state index in [0.717, 1.165) is 0 Å². The number of benzene rings is 2. The Balaban J connectivity index is 1.86. The van der Waals surface area contributed by atoms with Gasteiger partial charge in [0.15, 0.2) is 0 Å². The molecule has 0 radical (unpaired) electrons. The second-order valence-electron chi connectivity index (χ2n) is 7.05. The zero-order chi connectivity index (χ0) is 15.9. The molecule has 1 unspecified atom stereocenters. The molecule has 0 saturated carbocycles. The predicted molar refractivity (Wildman–Crippen MR) is 109 cm³/mol. The molecule has 0 saturated heterocycles. The van der Waals surface area contributed by atoms with Gasteiger partial charge in [-0.1, -0.05) is 78.3 Å². The molecule has 0 aliphatic heterocycles. The van der Waals surface area contributed by atoms with Crippen LogP contribution in [0.15, 0.2) is 48.5 Å². The summed E-state index contributed by atoms with van der Waals surface area (Å²) in [5.74, 6) is 0. The van der Waals surface area contributed by atoms with Crippen molar-refractivity contribution < 1.29 is 0 Å². The Bertz CT molecular complexity index is 509. The summed E-state index contributed by atoms with van der Waals surface area (Å²) in [7, 11) is 0.723. The Hall–Kier alpha value is -0.909. The first kappa shape index (κ1) is 17.4. The molecule has 0 aliphatic rings. The molecule has 118 valence electrons. The molecule has 0 amide bonds. The monoisotopic (exact) mass is 342 g/mol. The largest absolute Gasteiger partial charge is 0.0766 e. The van der Waals surface area contributed by atoms with Gasteiger partial charge in [-0.25, -0.2) is 0 Å². The van der Waals surface area contributed by atoms with Crippen molar-refractivity contribution >= 4 is 25.9 Å². The molecule has 0 fully saturated rings. The maximum absolute atomic E-state index is 2.63. The Morgan fingerprint density at radius 2 is 1.09 bits per heavy atom. The number of hydrogen-bond donors (Lipinski definition) is 0. The SMILES string of the molecule is Cc1ccc(CC[SiH](CCc2ccc(C)cc2)[SiH](C)[SiH3])cc1. The highest BCUT2D eigenvalue weighted by atomic mass is 29.6. The standard InChI is InChI=1S/C19H30Si3/c1-16-4-8-18(9-5-16)12-14-22(21(3)20)15-13-19-10-6-17(2)7-11-19/h4-11,21-22H,12-15H2,1-3,20H3. The second kappa shape index (κ2) is 8.65. The summed E-state index contributed by atoms with van der Waals surface area (Å²) in [6.07, 6.45) is 2.65. The minimum absolute atomic E-state index is 0.310. The van der Waals surface area contributed by atoms with E-state index in [1.165, 1.54) is 45.8 Å². The highest BCUT2D eigenvalue weighted by Gasteiger charge is 2.16. The van der Waals surface area contributed by atoms with Crippen LogP contribution in [0.5, 0.6) is 0 Å². The van der Waals surface area contributed by atoms with Crippen molar-refractivity contribution in [3.63, 3.8) is 0 Å². The topological polar surface area (TPSA) is 0 Å². The fraction of sp³-hybridized carbons (Fsp3) is 0.368. The van der Waals surface area contributed by atoms with E-state index < -0.39 is 8.31 Å². The van der Waals surface area contributed by atoms with E-state index in [9.17, 15) is 0 Å². The number of aryl methyl sites for hydroxylation is 4. The fourth-order valence-electron chi connectivity index (χ4n) is 3.02. The Kier molecular flexibility index (Phi) is 6.86. The zero-order valence-corrected chi connectivity index (χ0v) is 18.9. The van der Waals surface area contributed by atoms with Gasteiger partial charge in [-0.05, 0) is 47.6 Å². The van der Waals surface area contributed by atoms with Crippen LogP contribution >= 0.6 is 0 Å². The first-order valence-corrected chi connectivity index (χ1v) is 18.7. The molecule has 0 aromatic heterocycles. The van der Waals surface area contributed by atoms with Gasteiger partial charge in [0.2, 0.25) is 0 Å².